The Morgan fingerprint density at radius 1 is 0.583 bits per heavy atom. The van der Waals surface area contributed by atoms with Crippen molar-refractivity contribution in [2.75, 3.05) is 0 Å². The van der Waals surface area contributed by atoms with Crippen molar-refractivity contribution in [3.05, 3.63) is 6.43 Å². The van der Waals surface area contributed by atoms with Crippen LogP contribution in [0.5, 0.6) is 0 Å². The minimum atomic E-state index is -8.13. The lowest BCUT2D eigenvalue weighted by Gasteiger charge is -2.41. The summed E-state index contributed by atoms with van der Waals surface area (Å²) in [6.45, 7) is -0.552. The molecule has 0 fully saturated rings. The summed E-state index contributed by atoms with van der Waals surface area (Å²) >= 11 is 0. The molecular formula is C9H4F15. The molecule has 0 rings (SSSR count). The van der Waals surface area contributed by atoms with Gasteiger partial charge in [-0.15, -0.1) is 0 Å². The average Bonchev–Trinajstić information content (AvgIpc) is 2.36. The van der Waals surface area contributed by atoms with Gasteiger partial charge in [0.15, 0.2) is 6.17 Å². The molecule has 0 saturated carbocycles. The van der Waals surface area contributed by atoms with Crippen LogP contribution in [0.4, 0.5) is 65.9 Å². The third-order valence-electron chi connectivity index (χ3n) is 2.73. The first kappa shape index (κ1) is 22.9. The van der Waals surface area contributed by atoms with E-state index >= 15 is 0 Å². The lowest BCUT2D eigenvalue weighted by atomic mass is 9.90. The van der Waals surface area contributed by atoms with Crippen LogP contribution in [-0.2, 0) is 0 Å². The third kappa shape index (κ3) is 2.66. The van der Waals surface area contributed by atoms with E-state index in [-0.39, 0.29) is 0 Å². The molecule has 0 nitrogen and oxygen atoms in total. The van der Waals surface area contributed by atoms with Gasteiger partial charge in [-0.2, -0.15) is 61.5 Å². The van der Waals surface area contributed by atoms with Gasteiger partial charge in [0.05, 0.1) is 0 Å². The molecule has 0 aliphatic rings. The quantitative estimate of drug-likeness (QED) is 0.492. The SMILES string of the molecule is CC(F)C(F)(F)C(F)(F)C(F)(F)C(F)(F)C(F)(F)C(F)(F)[C](F)F. The van der Waals surface area contributed by atoms with E-state index in [1.807, 2.05) is 0 Å². The third-order valence-corrected chi connectivity index (χ3v) is 2.73. The predicted molar refractivity (Wildman–Crippen MR) is 45.7 cm³/mol. The molecule has 24 heavy (non-hydrogen) atoms. The molecule has 15 heteroatoms. The summed E-state index contributed by atoms with van der Waals surface area (Å²) in [5, 5.41) is 0. The summed E-state index contributed by atoms with van der Waals surface area (Å²) in [5.74, 6) is -45.9. The van der Waals surface area contributed by atoms with Crippen molar-refractivity contribution in [3.8, 4) is 0 Å². The second-order valence-corrected chi connectivity index (χ2v) is 4.37. The zero-order valence-corrected chi connectivity index (χ0v) is 10.7. The van der Waals surface area contributed by atoms with Crippen LogP contribution in [0.2, 0.25) is 0 Å². The number of rotatable bonds is 7. The summed E-state index contributed by atoms with van der Waals surface area (Å²) in [7, 11) is 0. The Kier molecular flexibility index (Phi) is 5.49. The van der Waals surface area contributed by atoms with Crippen LogP contribution in [0.25, 0.3) is 0 Å². The first-order valence-electron chi connectivity index (χ1n) is 5.23. The van der Waals surface area contributed by atoms with E-state index in [9.17, 15) is 65.9 Å². The Morgan fingerprint density at radius 2 is 0.875 bits per heavy atom. The van der Waals surface area contributed by atoms with Crippen molar-refractivity contribution < 1.29 is 65.9 Å². The predicted octanol–water partition coefficient (Wildman–Crippen LogP) is 5.58. The van der Waals surface area contributed by atoms with Gasteiger partial charge >= 0.3 is 42.0 Å². The van der Waals surface area contributed by atoms with Crippen molar-refractivity contribution in [1.82, 2.24) is 0 Å². The van der Waals surface area contributed by atoms with Crippen LogP contribution in [-0.4, -0.2) is 41.7 Å². The van der Waals surface area contributed by atoms with E-state index in [4.69, 9.17) is 0 Å². The molecule has 1 radical (unpaired) electrons. The fraction of sp³-hybridized carbons (Fsp3) is 0.889. The molecule has 0 aromatic rings. The van der Waals surface area contributed by atoms with E-state index in [0.29, 0.717) is 0 Å². The largest absolute Gasteiger partial charge is 0.385 e. The lowest BCUT2D eigenvalue weighted by Crippen LogP contribution is -2.72. The smallest absolute Gasteiger partial charge is 0.241 e. The normalized spacial score (nSPS) is 17.4. The fourth-order valence-electron chi connectivity index (χ4n) is 1.17. The maximum atomic E-state index is 12.9. The molecule has 1 unspecified atom stereocenters. The highest BCUT2D eigenvalue weighted by Gasteiger charge is 2.91. The van der Waals surface area contributed by atoms with Crippen LogP contribution in [0.15, 0.2) is 0 Å². The Balaban J connectivity index is 6.38. The molecule has 0 bridgehead atoms. The summed E-state index contributed by atoms with van der Waals surface area (Å²) in [5.41, 5.74) is 0. The first-order valence-corrected chi connectivity index (χ1v) is 5.23. The summed E-state index contributed by atoms with van der Waals surface area (Å²) in [6.07, 6.45) is -9.20. The van der Waals surface area contributed by atoms with Gasteiger partial charge in [-0.3, -0.25) is 0 Å². The fourth-order valence-corrected chi connectivity index (χ4v) is 1.17. The monoisotopic (exact) mass is 397 g/mol. The first-order chi connectivity index (χ1) is 10.1. The molecule has 0 aliphatic heterocycles. The number of halogens is 15. The number of hydrogen-bond acceptors (Lipinski definition) is 0. The highest BCUT2D eigenvalue weighted by atomic mass is 19.4. The Hall–Kier alpha value is -1.05. The summed E-state index contributed by atoms with van der Waals surface area (Å²) in [6, 6.07) is 0. The van der Waals surface area contributed by atoms with Gasteiger partial charge < -0.3 is 0 Å². The Morgan fingerprint density at radius 3 is 1.12 bits per heavy atom. The van der Waals surface area contributed by atoms with E-state index in [2.05, 4.69) is 0 Å². The van der Waals surface area contributed by atoms with Gasteiger partial charge in [0.25, 0.3) is 0 Å². The topological polar surface area (TPSA) is 0 Å². The molecule has 0 heterocycles. The van der Waals surface area contributed by atoms with Gasteiger partial charge in [0.1, 0.15) is 0 Å². The molecular weight excluding hydrogens is 393 g/mol. The zero-order valence-electron chi connectivity index (χ0n) is 10.7. The maximum Gasteiger partial charge on any atom is 0.385 e. The second kappa shape index (κ2) is 5.75. The molecule has 0 aromatic carbocycles. The number of alkyl halides is 13. The molecule has 0 spiro atoms. The maximum absolute atomic E-state index is 12.9. The molecule has 0 aromatic heterocycles. The second-order valence-electron chi connectivity index (χ2n) is 4.37. The molecule has 0 saturated heterocycles. The van der Waals surface area contributed by atoms with Crippen LogP contribution < -0.4 is 0 Å². The van der Waals surface area contributed by atoms with E-state index < -0.39 is 55.1 Å². The van der Waals surface area contributed by atoms with Gasteiger partial charge in [-0.25, -0.2) is 4.39 Å². The van der Waals surface area contributed by atoms with E-state index in [0.717, 1.165) is 0 Å². The summed E-state index contributed by atoms with van der Waals surface area (Å²) < 4.78 is 188. The standard InChI is InChI=1S/C9H4F15/c1-2(10)4(13,14)6(17,18)8(21,22)9(23,24)7(19,20)5(15,16)3(11)12/h2H,1H3. The molecule has 0 amide bonds. The zero-order chi connectivity index (χ0) is 20.2. The van der Waals surface area contributed by atoms with E-state index in [1.54, 1.807) is 0 Å². The van der Waals surface area contributed by atoms with Crippen molar-refractivity contribution >= 4 is 0 Å². The molecule has 0 aliphatic carbocycles. The van der Waals surface area contributed by atoms with Crippen LogP contribution in [0.3, 0.4) is 0 Å². The van der Waals surface area contributed by atoms with Crippen molar-refractivity contribution in [3.63, 3.8) is 0 Å². The van der Waals surface area contributed by atoms with Crippen molar-refractivity contribution in [2.24, 2.45) is 0 Å². The molecule has 0 N–H and O–H groups in total. The Labute approximate surface area is 122 Å². The highest BCUT2D eigenvalue weighted by molar-refractivity contribution is 5.14. The van der Waals surface area contributed by atoms with Crippen molar-refractivity contribution in [2.45, 2.75) is 48.6 Å². The highest BCUT2D eigenvalue weighted by Crippen LogP contribution is 2.62. The van der Waals surface area contributed by atoms with Gasteiger partial charge in [-0.05, 0) is 6.92 Å². The lowest BCUT2D eigenvalue weighted by molar-refractivity contribution is -0.430. The number of hydrogen-bond donors (Lipinski definition) is 0. The van der Waals surface area contributed by atoms with Crippen LogP contribution in [0.1, 0.15) is 6.92 Å². The summed E-state index contributed by atoms with van der Waals surface area (Å²) in [4.78, 5) is 0. The average molecular weight is 397 g/mol. The van der Waals surface area contributed by atoms with Gasteiger partial charge in [0, 0.05) is 0 Å². The van der Waals surface area contributed by atoms with Gasteiger partial charge in [0.2, 0.25) is 0 Å². The van der Waals surface area contributed by atoms with Crippen molar-refractivity contribution in [1.29, 1.82) is 0 Å². The van der Waals surface area contributed by atoms with Crippen LogP contribution >= 0.6 is 0 Å². The Bertz CT molecular complexity index is 406. The van der Waals surface area contributed by atoms with Crippen LogP contribution in [0, 0.1) is 6.43 Å². The minimum absolute atomic E-state index is 0.552. The minimum Gasteiger partial charge on any atom is -0.241 e. The van der Waals surface area contributed by atoms with E-state index in [1.165, 1.54) is 0 Å². The molecule has 145 valence electrons. The van der Waals surface area contributed by atoms with Gasteiger partial charge in [-0.1, -0.05) is 0 Å². The molecule has 1 atom stereocenters.